The minimum absolute atomic E-state index is 0.180. The van der Waals surface area contributed by atoms with E-state index in [2.05, 4.69) is 98.9 Å². The van der Waals surface area contributed by atoms with Crippen LogP contribution in [0.4, 0.5) is 0 Å². The number of aliphatic hydroxyl groups is 1. The fraction of sp³-hybridized carbons (Fsp3) is 0.706. The van der Waals surface area contributed by atoms with Gasteiger partial charge in [0.05, 0.1) is 13.2 Å². The smallest absolute Gasteiger partial charge is 0.306 e. The Labute approximate surface area is 341 Å². The van der Waals surface area contributed by atoms with E-state index >= 15 is 0 Å². The zero-order chi connectivity index (χ0) is 39.8. The number of hydrogen-bond donors (Lipinski definition) is 1. The molecular formula is C51H88O4. The van der Waals surface area contributed by atoms with Crippen LogP contribution in [0.2, 0.25) is 0 Å². The van der Waals surface area contributed by atoms with E-state index in [1.54, 1.807) is 0 Å². The summed E-state index contributed by atoms with van der Waals surface area (Å²) >= 11 is 0. The summed E-state index contributed by atoms with van der Waals surface area (Å²) in [7, 11) is 0. The van der Waals surface area contributed by atoms with Crippen LogP contribution in [0.25, 0.3) is 0 Å². The molecule has 1 unspecified atom stereocenters. The number of carbonyl (C=O) groups is 1. The van der Waals surface area contributed by atoms with E-state index in [4.69, 9.17) is 9.47 Å². The number of hydrogen-bond acceptors (Lipinski definition) is 4. The van der Waals surface area contributed by atoms with Gasteiger partial charge in [-0.15, -0.1) is 0 Å². The maximum absolute atomic E-state index is 12.2. The summed E-state index contributed by atoms with van der Waals surface area (Å²) < 4.78 is 11.2. The standard InChI is InChI=1S/C51H88O4/c1-3-5-7-9-11-13-15-17-19-21-22-23-24-25-26-27-28-29-31-33-35-37-39-41-43-45-47-54-49-50(48-52)55-51(53)46-44-42-40-38-36-34-32-30-20-18-16-14-12-10-8-6-4-2/h5-8,11-14,17-20,22-23,50,52H,3-4,9-10,15-16,21,24-49H2,1-2H3/b7-5-,8-6-,13-11-,14-12-,19-17-,20-18-,23-22-. The number of allylic oxidation sites excluding steroid dienone is 14. The van der Waals surface area contributed by atoms with Crippen LogP contribution in [-0.2, 0) is 14.3 Å². The van der Waals surface area contributed by atoms with E-state index in [1.807, 2.05) is 0 Å². The Bertz CT molecular complexity index is 985. The zero-order valence-electron chi connectivity index (χ0n) is 36.2. The molecule has 0 spiro atoms. The second-order valence-corrected chi connectivity index (χ2v) is 15.1. The molecule has 0 saturated carbocycles. The summed E-state index contributed by atoms with van der Waals surface area (Å²) in [4.78, 5) is 12.2. The molecule has 0 aliphatic rings. The van der Waals surface area contributed by atoms with Gasteiger partial charge in [0.1, 0.15) is 6.10 Å². The van der Waals surface area contributed by atoms with Gasteiger partial charge < -0.3 is 14.6 Å². The van der Waals surface area contributed by atoms with E-state index in [9.17, 15) is 9.90 Å². The molecule has 0 rings (SSSR count). The highest BCUT2D eigenvalue weighted by Gasteiger charge is 2.13. The molecule has 1 N–H and O–H groups in total. The summed E-state index contributed by atoms with van der Waals surface area (Å²) in [6, 6.07) is 0. The third-order valence-corrected chi connectivity index (χ3v) is 9.72. The summed E-state index contributed by atoms with van der Waals surface area (Å²) in [6.45, 7) is 5.11. The van der Waals surface area contributed by atoms with Crippen molar-refractivity contribution in [1.82, 2.24) is 0 Å². The first-order valence-electron chi connectivity index (χ1n) is 23.2. The number of ether oxygens (including phenoxy) is 2. The number of unbranched alkanes of at least 4 members (excludes halogenated alkanes) is 20. The Morgan fingerprint density at radius 1 is 0.436 bits per heavy atom. The predicted molar refractivity (Wildman–Crippen MR) is 242 cm³/mol. The summed E-state index contributed by atoms with van der Waals surface area (Å²) in [5, 5.41) is 9.62. The molecule has 0 fully saturated rings. The average molecular weight is 765 g/mol. The lowest BCUT2D eigenvalue weighted by Crippen LogP contribution is -2.27. The topological polar surface area (TPSA) is 55.8 Å². The highest BCUT2D eigenvalue weighted by molar-refractivity contribution is 5.69. The molecule has 1 atom stereocenters. The Kier molecular flexibility index (Phi) is 45.6. The molecule has 0 amide bonds. The Hall–Kier alpha value is -2.43. The third-order valence-electron chi connectivity index (χ3n) is 9.72. The lowest BCUT2D eigenvalue weighted by Gasteiger charge is -2.16. The number of rotatable bonds is 42. The molecule has 0 aliphatic carbocycles. The molecule has 0 aromatic rings. The molecular weight excluding hydrogens is 677 g/mol. The van der Waals surface area contributed by atoms with Gasteiger partial charge in [-0.05, 0) is 83.5 Å². The maximum atomic E-state index is 12.2. The molecule has 4 nitrogen and oxygen atoms in total. The van der Waals surface area contributed by atoms with Crippen LogP contribution in [0, 0.1) is 0 Å². The van der Waals surface area contributed by atoms with Gasteiger partial charge in [0.25, 0.3) is 0 Å². The van der Waals surface area contributed by atoms with Crippen molar-refractivity contribution < 1.29 is 19.4 Å². The van der Waals surface area contributed by atoms with Gasteiger partial charge in [0, 0.05) is 13.0 Å². The van der Waals surface area contributed by atoms with Crippen molar-refractivity contribution in [3.05, 3.63) is 85.1 Å². The van der Waals surface area contributed by atoms with E-state index in [1.165, 1.54) is 122 Å². The molecule has 0 aromatic heterocycles. The molecule has 316 valence electrons. The minimum Gasteiger partial charge on any atom is -0.457 e. The van der Waals surface area contributed by atoms with Crippen molar-refractivity contribution in [2.24, 2.45) is 0 Å². The minimum atomic E-state index is -0.545. The first-order valence-corrected chi connectivity index (χ1v) is 23.2. The monoisotopic (exact) mass is 765 g/mol. The lowest BCUT2D eigenvalue weighted by atomic mass is 10.0. The summed E-state index contributed by atoms with van der Waals surface area (Å²) in [5.74, 6) is -0.213. The van der Waals surface area contributed by atoms with Crippen LogP contribution in [0.1, 0.15) is 206 Å². The second kappa shape index (κ2) is 47.7. The largest absolute Gasteiger partial charge is 0.457 e. The highest BCUT2D eigenvalue weighted by Crippen LogP contribution is 2.14. The molecule has 4 heteroatoms. The van der Waals surface area contributed by atoms with E-state index < -0.39 is 6.10 Å². The Morgan fingerprint density at radius 3 is 1.15 bits per heavy atom. The van der Waals surface area contributed by atoms with Gasteiger partial charge in [-0.3, -0.25) is 4.79 Å². The van der Waals surface area contributed by atoms with Crippen molar-refractivity contribution in [2.75, 3.05) is 19.8 Å². The van der Waals surface area contributed by atoms with Crippen LogP contribution >= 0.6 is 0 Å². The molecule has 0 aromatic carbocycles. The van der Waals surface area contributed by atoms with Crippen molar-refractivity contribution >= 4 is 5.97 Å². The number of carbonyl (C=O) groups excluding carboxylic acids is 1. The van der Waals surface area contributed by atoms with Gasteiger partial charge in [-0.1, -0.05) is 202 Å². The van der Waals surface area contributed by atoms with E-state index in [0.29, 0.717) is 13.0 Å². The molecule has 0 aliphatic heterocycles. The fourth-order valence-electron chi connectivity index (χ4n) is 6.33. The second-order valence-electron chi connectivity index (χ2n) is 15.1. The lowest BCUT2D eigenvalue weighted by molar-refractivity contribution is -0.154. The number of aliphatic hydroxyl groups excluding tert-OH is 1. The van der Waals surface area contributed by atoms with Crippen molar-refractivity contribution in [2.45, 2.75) is 213 Å². The molecule has 0 bridgehead atoms. The normalized spacial score (nSPS) is 13.1. The van der Waals surface area contributed by atoms with Gasteiger partial charge in [-0.25, -0.2) is 0 Å². The molecule has 0 radical (unpaired) electrons. The molecule has 55 heavy (non-hydrogen) atoms. The van der Waals surface area contributed by atoms with Crippen LogP contribution in [0.5, 0.6) is 0 Å². The molecule has 0 heterocycles. The highest BCUT2D eigenvalue weighted by atomic mass is 16.6. The fourth-order valence-corrected chi connectivity index (χ4v) is 6.33. The van der Waals surface area contributed by atoms with Crippen LogP contribution in [0.15, 0.2) is 85.1 Å². The van der Waals surface area contributed by atoms with Crippen molar-refractivity contribution in [3.8, 4) is 0 Å². The first kappa shape index (κ1) is 52.6. The zero-order valence-corrected chi connectivity index (χ0v) is 36.2. The van der Waals surface area contributed by atoms with Crippen LogP contribution < -0.4 is 0 Å². The Balaban J connectivity index is 3.44. The van der Waals surface area contributed by atoms with Gasteiger partial charge >= 0.3 is 5.97 Å². The van der Waals surface area contributed by atoms with Crippen LogP contribution in [0.3, 0.4) is 0 Å². The number of esters is 1. The third kappa shape index (κ3) is 45.9. The quantitative estimate of drug-likeness (QED) is 0.0382. The van der Waals surface area contributed by atoms with E-state index in [0.717, 1.165) is 64.2 Å². The van der Waals surface area contributed by atoms with Gasteiger partial charge in [0.15, 0.2) is 0 Å². The van der Waals surface area contributed by atoms with E-state index in [-0.39, 0.29) is 19.2 Å². The van der Waals surface area contributed by atoms with Gasteiger partial charge in [0.2, 0.25) is 0 Å². The summed E-state index contributed by atoms with van der Waals surface area (Å²) in [6.07, 6.45) is 66.6. The predicted octanol–water partition coefficient (Wildman–Crippen LogP) is 15.5. The SMILES string of the molecule is CC/C=C\C/C=C\C/C=C\C/C=C\CCCCCCCCCCCCCCCOCC(CO)OC(=O)CCCCCCCCC/C=C\C/C=C\C/C=C\CC. The molecule has 0 saturated heterocycles. The average Bonchev–Trinajstić information content (AvgIpc) is 3.19. The first-order chi connectivity index (χ1) is 27.2. The summed E-state index contributed by atoms with van der Waals surface area (Å²) in [5.41, 5.74) is 0. The van der Waals surface area contributed by atoms with Crippen molar-refractivity contribution in [3.63, 3.8) is 0 Å². The van der Waals surface area contributed by atoms with Crippen LogP contribution in [-0.4, -0.2) is 37.0 Å². The van der Waals surface area contributed by atoms with Gasteiger partial charge in [-0.2, -0.15) is 0 Å². The maximum Gasteiger partial charge on any atom is 0.306 e. The van der Waals surface area contributed by atoms with Crippen molar-refractivity contribution in [1.29, 1.82) is 0 Å². The Morgan fingerprint density at radius 2 is 0.764 bits per heavy atom.